The van der Waals surface area contributed by atoms with E-state index in [1.165, 1.54) is 0 Å². The molecule has 0 aliphatic heterocycles. The van der Waals surface area contributed by atoms with Gasteiger partial charge in [0, 0.05) is 6.42 Å². The van der Waals surface area contributed by atoms with Crippen LogP contribution in [0.2, 0.25) is 18.1 Å². The van der Waals surface area contributed by atoms with Crippen molar-refractivity contribution in [2.24, 2.45) is 0 Å². The van der Waals surface area contributed by atoms with E-state index in [0.717, 1.165) is 0 Å². The van der Waals surface area contributed by atoms with Gasteiger partial charge >= 0.3 is 0 Å². The third kappa shape index (κ3) is 3.77. The Labute approximate surface area is 81.9 Å². The highest BCUT2D eigenvalue weighted by molar-refractivity contribution is 6.74. The van der Waals surface area contributed by atoms with E-state index < -0.39 is 14.3 Å². The highest BCUT2D eigenvalue weighted by Gasteiger charge is 2.42. The summed E-state index contributed by atoms with van der Waals surface area (Å²) < 4.78 is 5.39. The van der Waals surface area contributed by atoms with Crippen LogP contribution >= 0.6 is 0 Å². The van der Waals surface area contributed by atoms with E-state index in [2.05, 4.69) is 20.8 Å². The molecule has 0 aliphatic rings. The summed E-state index contributed by atoms with van der Waals surface area (Å²) in [5, 5.41) is 18.8. The first-order chi connectivity index (χ1) is 5.52. The smallest absolute Gasteiger partial charge is 0.268 e. The fourth-order valence-corrected chi connectivity index (χ4v) is 1.90. The third-order valence-electron chi connectivity index (χ3n) is 2.69. The molecule has 0 saturated heterocycles. The van der Waals surface area contributed by atoms with Crippen molar-refractivity contribution in [1.29, 1.82) is 0 Å². The summed E-state index contributed by atoms with van der Waals surface area (Å²) in [7, 11) is -2.06. The molecule has 0 rings (SSSR count). The van der Waals surface area contributed by atoms with E-state index in [1.54, 1.807) is 6.92 Å². The molecule has 0 aliphatic carbocycles. The lowest BCUT2D eigenvalue weighted by Gasteiger charge is -2.40. The van der Waals surface area contributed by atoms with Gasteiger partial charge in [0.05, 0.1) is 0 Å². The summed E-state index contributed by atoms with van der Waals surface area (Å²) in [5.41, 5.74) is 0. The number of hydrogen-bond donors (Lipinski definition) is 2. The van der Waals surface area contributed by atoms with Gasteiger partial charge in [-0.3, -0.25) is 0 Å². The average Bonchev–Trinajstić information content (AvgIpc) is 1.83. The summed E-state index contributed by atoms with van der Waals surface area (Å²) in [4.78, 5) is 0. The van der Waals surface area contributed by atoms with Gasteiger partial charge < -0.3 is 14.6 Å². The number of rotatable bonds is 3. The Morgan fingerprint density at radius 3 is 1.77 bits per heavy atom. The summed E-state index contributed by atoms with van der Waals surface area (Å²) in [6, 6.07) is 0. The van der Waals surface area contributed by atoms with Crippen LogP contribution in [0.1, 0.15) is 34.1 Å². The number of aliphatic hydroxyl groups is 2. The van der Waals surface area contributed by atoms with E-state index >= 15 is 0 Å². The Morgan fingerprint density at radius 1 is 1.15 bits per heavy atom. The molecule has 0 radical (unpaired) electrons. The molecule has 0 aromatic heterocycles. The van der Waals surface area contributed by atoms with Crippen LogP contribution in [0.4, 0.5) is 0 Å². The van der Waals surface area contributed by atoms with Crippen LogP contribution in [-0.2, 0) is 4.43 Å². The molecular formula is C9H22O3Si. The van der Waals surface area contributed by atoms with Crippen molar-refractivity contribution in [3.05, 3.63) is 0 Å². The second kappa shape index (κ2) is 3.69. The molecule has 0 amide bonds. The molecule has 3 nitrogen and oxygen atoms in total. The van der Waals surface area contributed by atoms with Gasteiger partial charge in [-0.2, -0.15) is 0 Å². The van der Waals surface area contributed by atoms with Crippen LogP contribution in [0.25, 0.3) is 0 Å². The summed E-state index contributed by atoms with van der Waals surface area (Å²) in [6.07, 6.45) is 0.194. The zero-order valence-electron chi connectivity index (χ0n) is 9.51. The maximum atomic E-state index is 9.39. The van der Waals surface area contributed by atoms with E-state index in [-0.39, 0.29) is 11.5 Å². The summed E-state index contributed by atoms with van der Waals surface area (Å²) >= 11 is 0. The normalized spacial score (nSPS) is 14.8. The number of hydrogen-bond acceptors (Lipinski definition) is 3. The fraction of sp³-hybridized carbons (Fsp3) is 1.00. The van der Waals surface area contributed by atoms with E-state index in [0.29, 0.717) is 0 Å². The predicted molar refractivity (Wildman–Crippen MR) is 55.7 cm³/mol. The first-order valence-electron chi connectivity index (χ1n) is 4.67. The zero-order valence-corrected chi connectivity index (χ0v) is 10.5. The molecular weight excluding hydrogens is 184 g/mol. The van der Waals surface area contributed by atoms with E-state index in [9.17, 15) is 10.2 Å². The van der Waals surface area contributed by atoms with Gasteiger partial charge in [-0.25, -0.2) is 0 Å². The standard InChI is InChI=1S/C9H22O3Si/c1-7-9(10,11)12-13(5,6)8(2,3)4/h10-11H,7H2,1-6H3. The molecule has 80 valence electrons. The Bertz CT molecular complexity index is 170. The second-order valence-electron chi connectivity index (χ2n) is 4.96. The molecule has 13 heavy (non-hydrogen) atoms. The highest BCUT2D eigenvalue weighted by atomic mass is 28.4. The van der Waals surface area contributed by atoms with Crippen LogP contribution in [0.5, 0.6) is 0 Å². The van der Waals surface area contributed by atoms with Gasteiger partial charge in [-0.05, 0) is 18.1 Å². The lowest BCUT2D eigenvalue weighted by atomic mass is 10.2. The lowest BCUT2D eigenvalue weighted by Crippen LogP contribution is -2.49. The molecule has 2 N–H and O–H groups in total. The van der Waals surface area contributed by atoms with Gasteiger partial charge in [-0.1, -0.05) is 27.7 Å². The quantitative estimate of drug-likeness (QED) is 0.549. The van der Waals surface area contributed by atoms with Crippen molar-refractivity contribution in [2.75, 3.05) is 0 Å². The third-order valence-corrected chi connectivity index (χ3v) is 7.13. The Kier molecular flexibility index (Phi) is 3.72. The minimum Gasteiger partial charge on any atom is -0.369 e. The maximum Gasteiger partial charge on any atom is 0.268 e. The van der Waals surface area contributed by atoms with Crippen LogP contribution in [0.3, 0.4) is 0 Å². The van der Waals surface area contributed by atoms with E-state index in [1.807, 2.05) is 13.1 Å². The Hall–Kier alpha value is 0.0969. The SMILES string of the molecule is CCC(O)(O)O[Si](C)(C)C(C)(C)C. The largest absolute Gasteiger partial charge is 0.369 e. The Balaban J connectivity index is 4.52. The first kappa shape index (κ1) is 13.1. The topological polar surface area (TPSA) is 49.7 Å². The minimum atomic E-state index is -2.06. The van der Waals surface area contributed by atoms with Crippen LogP contribution in [0, 0.1) is 0 Å². The van der Waals surface area contributed by atoms with Gasteiger partial charge in [0.1, 0.15) is 0 Å². The van der Waals surface area contributed by atoms with Crippen molar-refractivity contribution in [1.82, 2.24) is 0 Å². The second-order valence-corrected chi connectivity index (χ2v) is 9.68. The first-order valence-corrected chi connectivity index (χ1v) is 7.57. The van der Waals surface area contributed by atoms with E-state index in [4.69, 9.17) is 4.43 Å². The van der Waals surface area contributed by atoms with Crippen LogP contribution in [-0.4, -0.2) is 24.5 Å². The highest BCUT2D eigenvalue weighted by Crippen LogP contribution is 2.38. The Morgan fingerprint density at radius 2 is 1.54 bits per heavy atom. The summed E-state index contributed by atoms with van der Waals surface area (Å²) in [5.74, 6) is -1.96. The monoisotopic (exact) mass is 206 g/mol. The van der Waals surface area contributed by atoms with Crippen LogP contribution in [0.15, 0.2) is 0 Å². The lowest BCUT2D eigenvalue weighted by molar-refractivity contribution is -0.300. The van der Waals surface area contributed by atoms with Gasteiger partial charge in [0.15, 0.2) is 8.32 Å². The molecule has 0 spiro atoms. The molecule has 0 bridgehead atoms. The van der Waals surface area contributed by atoms with Crippen molar-refractivity contribution >= 4 is 8.32 Å². The van der Waals surface area contributed by atoms with Gasteiger partial charge in [0.25, 0.3) is 5.97 Å². The molecule has 0 heterocycles. The van der Waals surface area contributed by atoms with Crippen molar-refractivity contribution in [3.8, 4) is 0 Å². The molecule has 0 aromatic carbocycles. The van der Waals surface area contributed by atoms with Crippen molar-refractivity contribution in [3.63, 3.8) is 0 Å². The average molecular weight is 206 g/mol. The molecule has 0 aromatic rings. The van der Waals surface area contributed by atoms with Crippen molar-refractivity contribution in [2.45, 2.75) is 58.2 Å². The molecule has 0 saturated carbocycles. The minimum absolute atomic E-state index is 0.00111. The van der Waals surface area contributed by atoms with Gasteiger partial charge in [0.2, 0.25) is 0 Å². The molecule has 4 heteroatoms. The predicted octanol–water partition coefficient (Wildman–Crippen LogP) is 2.06. The molecule has 0 fully saturated rings. The molecule has 0 atom stereocenters. The van der Waals surface area contributed by atoms with Gasteiger partial charge in [-0.15, -0.1) is 0 Å². The van der Waals surface area contributed by atoms with Crippen LogP contribution < -0.4 is 0 Å². The zero-order chi connectivity index (χ0) is 10.9. The fourth-order valence-electron chi connectivity index (χ4n) is 0.634. The summed E-state index contributed by atoms with van der Waals surface area (Å²) in [6.45, 7) is 11.8. The van der Waals surface area contributed by atoms with Crippen molar-refractivity contribution < 1.29 is 14.6 Å². The maximum absolute atomic E-state index is 9.39. The molecule has 0 unspecified atom stereocenters.